The van der Waals surface area contributed by atoms with Gasteiger partial charge in [0.1, 0.15) is 29.2 Å². The summed E-state index contributed by atoms with van der Waals surface area (Å²) in [5, 5.41) is 8.44. The molecule has 0 unspecified atom stereocenters. The second kappa shape index (κ2) is 8.75. The van der Waals surface area contributed by atoms with Gasteiger partial charge in [-0.05, 0) is 62.4 Å². The van der Waals surface area contributed by atoms with Gasteiger partial charge >= 0.3 is 0 Å². The molecule has 1 saturated carbocycles. The zero-order chi connectivity index (χ0) is 24.8. The Morgan fingerprint density at radius 3 is 2.72 bits per heavy atom. The van der Waals surface area contributed by atoms with Gasteiger partial charge in [-0.2, -0.15) is 5.10 Å². The van der Waals surface area contributed by atoms with Gasteiger partial charge < -0.3 is 16.0 Å². The van der Waals surface area contributed by atoms with Crippen molar-refractivity contribution in [2.75, 3.05) is 11.1 Å². The smallest absolute Gasteiger partial charge is 0.227 e. The summed E-state index contributed by atoms with van der Waals surface area (Å²) in [5.74, 6) is 0.750. The molecule has 0 saturated heterocycles. The fraction of sp³-hybridized carbons (Fsp3) is 0.259. The minimum Gasteiger partial charge on any atom is -0.382 e. The van der Waals surface area contributed by atoms with E-state index in [0.29, 0.717) is 29.9 Å². The molecule has 0 atom stereocenters. The number of aryl methyl sites for hydroxylation is 1. The molecule has 1 fully saturated rings. The molecule has 2 aromatic carbocycles. The number of rotatable bonds is 4. The third-order valence-corrected chi connectivity index (χ3v) is 7.16. The third-order valence-electron chi connectivity index (χ3n) is 7.16. The van der Waals surface area contributed by atoms with Gasteiger partial charge in [-0.25, -0.2) is 18.9 Å². The van der Waals surface area contributed by atoms with Crippen LogP contribution < -0.4 is 11.1 Å². The lowest BCUT2D eigenvalue weighted by Gasteiger charge is -2.26. The fourth-order valence-corrected chi connectivity index (χ4v) is 5.29. The van der Waals surface area contributed by atoms with Gasteiger partial charge in [-0.1, -0.05) is 24.3 Å². The highest BCUT2D eigenvalue weighted by Gasteiger charge is 2.31. The van der Waals surface area contributed by atoms with Crippen LogP contribution in [0.2, 0.25) is 0 Å². The molecule has 182 valence electrons. The van der Waals surface area contributed by atoms with Gasteiger partial charge in [-0.15, -0.1) is 0 Å². The molecule has 0 aliphatic heterocycles. The molecular weight excluding hydrogens is 457 g/mol. The van der Waals surface area contributed by atoms with Crippen molar-refractivity contribution >= 4 is 33.8 Å². The zero-order valence-electron chi connectivity index (χ0n) is 19.8. The lowest BCUT2D eigenvalue weighted by atomic mass is 9.81. The Balaban J connectivity index is 1.28. The number of anilines is 2. The molecule has 36 heavy (non-hydrogen) atoms. The normalized spacial score (nSPS) is 18.1. The van der Waals surface area contributed by atoms with Crippen LogP contribution in [0, 0.1) is 18.7 Å². The Labute approximate surface area is 206 Å². The SMILES string of the molecule is Cc1cccc2cc(-c3nc(C4CCC(C(=O)Nc5cccc(F)c5)CC4)n4ncnc(N)c34)[nH]c12. The maximum Gasteiger partial charge on any atom is 0.227 e. The molecule has 6 rings (SSSR count). The molecule has 0 spiro atoms. The molecule has 0 radical (unpaired) electrons. The predicted molar refractivity (Wildman–Crippen MR) is 137 cm³/mol. The van der Waals surface area contributed by atoms with Gasteiger partial charge in [0.25, 0.3) is 0 Å². The van der Waals surface area contributed by atoms with Gasteiger partial charge in [0.05, 0.1) is 5.69 Å². The predicted octanol–water partition coefficient (Wildman–Crippen LogP) is 5.21. The van der Waals surface area contributed by atoms with Crippen LogP contribution in [0.3, 0.4) is 0 Å². The maximum absolute atomic E-state index is 13.5. The topological polar surface area (TPSA) is 114 Å². The van der Waals surface area contributed by atoms with Crippen molar-refractivity contribution in [3.63, 3.8) is 0 Å². The number of halogens is 1. The van der Waals surface area contributed by atoms with Crippen LogP contribution in [0.25, 0.3) is 27.8 Å². The number of benzene rings is 2. The van der Waals surface area contributed by atoms with E-state index < -0.39 is 0 Å². The number of imidazole rings is 1. The van der Waals surface area contributed by atoms with E-state index in [4.69, 9.17) is 10.7 Å². The van der Waals surface area contributed by atoms with E-state index in [1.807, 2.05) is 6.07 Å². The first kappa shape index (κ1) is 22.2. The minimum atomic E-state index is -0.370. The number of fused-ring (bicyclic) bond motifs is 2. The van der Waals surface area contributed by atoms with Crippen molar-refractivity contribution < 1.29 is 9.18 Å². The Kier molecular flexibility index (Phi) is 5.40. The number of amides is 1. The van der Waals surface area contributed by atoms with Crippen molar-refractivity contribution in [1.82, 2.24) is 24.6 Å². The number of carbonyl (C=O) groups excluding carboxylic acids is 1. The van der Waals surface area contributed by atoms with Crippen molar-refractivity contribution in [2.24, 2.45) is 5.92 Å². The Hall–Kier alpha value is -4.27. The largest absolute Gasteiger partial charge is 0.382 e. The van der Waals surface area contributed by atoms with Crippen LogP contribution in [0.1, 0.15) is 43.0 Å². The molecule has 1 aliphatic rings. The molecule has 3 heterocycles. The van der Waals surface area contributed by atoms with E-state index in [1.54, 1.807) is 16.6 Å². The molecule has 1 aliphatic carbocycles. The van der Waals surface area contributed by atoms with Crippen molar-refractivity contribution in [3.05, 3.63) is 72.1 Å². The van der Waals surface area contributed by atoms with E-state index in [2.05, 4.69) is 45.5 Å². The summed E-state index contributed by atoms with van der Waals surface area (Å²) in [6, 6.07) is 14.2. The Morgan fingerprint density at radius 1 is 1.14 bits per heavy atom. The monoisotopic (exact) mass is 483 g/mol. The summed E-state index contributed by atoms with van der Waals surface area (Å²) in [5.41, 5.74) is 11.3. The number of nitrogens with two attached hydrogens (primary N) is 1. The molecule has 5 aromatic rings. The average Bonchev–Trinajstić information content (AvgIpc) is 3.48. The number of nitrogen functional groups attached to an aromatic ring is 1. The number of aromatic nitrogens is 5. The van der Waals surface area contributed by atoms with E-state index in [-0.39, 0.29) is 23.6 Å². The van der Waals surface area contributed by atoms with Crippen LogP contribution in [0.4, 0.5) is 15.9 Å². The quantitative estimate of drug-likeness (QED) is 0.324. The van der Waals surface area contributed by atoms with E-state index in [1.165, 1.54) is 18.5 Å². The van der Waals surface area contributed by atoms with Crippen LogP contribution in [0.15, 0.2) is 54.9 Å². The summed E-state index contributed by atoms with van der Waals surface area (Å²) >= 11 is 0. The number of carbonyl (C=O) groups is 1. The number of nitrogens with zero attached hydrogens (tertiary/aromatic N) is 4. The van der Waals surface area contributed by atoms with Crippen molar-refractivity contribution in [1.29, 1.82) is 0 Å². The summed E-state index contributed by atoms with van der Waals surface area (Å²) in [4.78, 5) is 25.5. The third kappa shape index (κ3) is 3.86. The van der Waals surface area contributed by atoms with Crippen molar-refractivity contribution in [2.45, 2.75) is 38.5 Å². The molecule has 0 bridgehead atoms. The van der Waals surface area contributed by atoms with Crippen molar-refractivity contribution in [3.8, 4) is 11.4 Å². The molecular formula is C27H26FN7O. The number of aromatic amines is 1. The number of para-hydroxylation sites is 1. The Morgan fingerprint density at radius 2 is 1.94 bits per heavy atom. The zero-order valence-corrected chi connectivity index (χ0v) is 19.8. The van der Waals surface area contributed by atoms with Crippen LogP contribution in [0.5, 0.6) is 0 Å². The first-order valence-electron chi connectivity index (χ1n) is 12.1. The summed E-state index contributed by atoms with van der Waals surface area (Å²) in [6.07, 6.45) is 4.44. The highest BCUT2D eigenvalue weighted by Crippen LogP contribution is 2.39. The van der Waals surface area contributed by atoms with Crippen LogP contribution in [-0.4, -0.2) is 30.5 Å². The van der Waals surface area contributed by atoms with E-state index >= 15 is 0 Å². The number of hydrogen-bond donors (Lipinski definition) is 3. The van der Waals surface area contributed by atoms with Gasteiger partial charge in [0, 0.05) is 28.4 Å². The minimum absolute atomic E-state index is 0.0762. The highest BCUT2D eigenvalue weighted by atomic mass is 19.1. The summed E-state index contributed by atoms with van der Waals surface area (Å²) in [6.45, 7) is 2.07. The van der Waals surface area contributed by atoms with Crippen LogP contribution >= 0.6 is 0 Å². The lowest BCUT2D eigenvalue weighted by molar-refractivity contribution is -0.120. The number of H-pyrrole nitrogens is 1. The maximum atomic E-state index is 13.5. The summed E-state index contributed by atoms with van der Waals surface area (Å²) < 4.78 is 15.3. The fourth-order valence-electron chi connectivity index (χ4n) is 5.29. The van der Waals surface area contributed by atoms with Crippen LogP contribution in [-0.2, 0) is 4.79 Å². The van der Waals surface area contributed by atoms with E-state index in [0.717, 1.165) is 46.5 Å². The van der Waals surface area contributed by atoms with Gasteiger partial charge in [0.15, 0.2) is 5.82 Å². The van der Waals surface area contributed by atoms with Gasteiger partial charge in [-0.3, -0.25) is 4.79 Å². The standard InChI is InChI=1S/C27H26FN7O/c1-15-4-2-5-18-12-21(33-22(15)18)23-24-25(29)30-14-31-35(24)26(34-23)16-8-10-17(11-9-16)27(36)32-20-7-3-6-19(28)13-20/h2-7,12-14,16-17,33H,8-11H2,1H3,(H,32,36)(H2,29,30,31). The average molecular weight is 484 g/mol. The molecule has 9 heteroatoms. The second-order valence-electron chi connectivity index (χ2n) is 9.49. The first-order valence-corrected chi connectivity index (χ1v) is 12.1. The first-order chi connectivity index (χ1) is 17.5. The highest BCUT2D eigenvalue weighted by molar-refractivity contribution is 5.93. The molecule has 3 aromatic heterocycles. The van der Waals surface area contributed by atoms with Gasteiger partial charge in [0.2, 0.25) is 5.91 Å². The second-order valence-corrected chi connectivity index (χ2v) is 9.49. The number of hydrogen-bond acceptors (Lipinski definition) is 5. The summed E-state index contributed by atoms with van der Waals surface area (Å²) in [7, 11) is 0. The Bertz CT molecular complexity index is 1600. The van der Waals surface area contributed by atoms with E-state index in [9.17, 15) is 9.18 Å². The lowest BCUT2D eigenvalue weighted by Crippen LogP contribution is -2.27. The number of nitrogens with one attached hydrogen (secondary N) is 2. The molecule has 4 N–H and O–H groups in total. The molecule has 1 amide bonds. The molecule has 8 nitrogen and oxygen atoms in total.